The second-order valence-electron chi connectivity index (χ2n) is 3.95. The van der Waals surface area contributed by atoms with Crippen molar-refractivity contribution < 1.29 is 9.34 Å². The normalized spacial score (nSPS) is 10.3. The van der Waals surface area contributed by atoms with Crippen LogP contribution in [0.25, 0.3) is 0 Å². The molecule has 0 fully saturated rings. The number of nitro groups is 1. The number of aryl methyl sites for hydroxylation is 2. The number of furan rings is 1. The van der Waals surface area contributed by atoms with E-state index in [4.69, 9.17) is 4.42 Å². The molecule has 0 unspecified atom stereocenters. The molecule has 0 aliphatic rings. The number of nitrogens with one attached hydrogen (secondary N) is 1. The molecule has 0 amide bonds. The minimum atomic E-state index is -0.432. The summed E-state index contributed by atoms with van der Waals surface area (Å²) in [7, 11) is 0. The molecule has 0 aliphatic heterocycles. The highest BCUT2D eigenvalue weighted by molar-refractivity contribution is 5.59. The molecule has 18 heavy (non-hydrogen) atoms. The molecule has 0 atom stereocenters. The summed E-state index contributed by atoms with van der Waals surface area (Å²) < 4.78 is 5.38. The van der Waals surface area contributed by atoms with E-state index in [0.717, 1.165) is 5.76 Å². The van der Waals surface area contributed by atoms with Crippen LogP contribution in [0.5, 0.6) is 0 Å². The largest absolute Gasteiger partial charge is 0.465 e. The molecule has 6 heteroatoms. The number of rotatable bonds is 4. The van der Waals surface area contributed by atoms with Crippen molar-refractivity contribution in [1.82, 2.24) is 4.98 Å². The lowest BCUT2D eigenvalue weighted by Crippen LogP contribution is -2.05. The summed E-state index contributed by atoms with van der Waals surface area (Å²) >= 11 is 0. The van der Waals surface area contributed by atoms with Gasteiger partial charge in [0.15, 0.2) is 0 Å². The molecule has 0 bridgehead atoms. The van der Waals surface area contributed by atoms with Gasteiger partial charge < -0.3 is 9.73 Å². The standard InChI is InChI=1S/C12H13N3O3/c1-8-5-6-13-12(11(8)15(16)17)14-7-10-4-3-9(2)18-10/h3-6H,7H2,1-2H3,(H,13,14). The van der Waals surface area contributed by atoms with Gasteiger partial charge in [-0.1, -0.05) is 0 Å². The average Bonchev–Trinajstić information content (AvgIpc) is 2.72. The second-order valence-corrected chi connectivity index (χ2v) is 3.95. The molecule has 94 valence electrons. The van der Waals surface area contributed by atoms with Crippen LogP contribution >= 0.6 is 0 Å². The van der Waals surface area contributed by atoms with Gasteiger partial charge in [-0.2, -0.15) is 0 Å². The van der Waals surface area contributed by atoms with Crippen LogP contribution in [0.4, 0.5) is 11.5 Å². The van der Waals surface area contributed by atoms with Gasteiger partial charge in [-0.25, -0.2) is 4.98 Å². The zero-order chi connectivity index (χ0) is 13.1. The average molecular weight is 247 g/mol. The van der Waals surface area contributed by atoms with E-state index in [0.29, 0.717) is 17.9 Å². The quantitative estimate of drug-likeness (QED) is 0.663. The third kappa shape index (κ3) is 2.48. The van der Waals surface area contributed by atoms with E-state index in [9.17, 15) is 10.1 Å². The van der Waals surface area contributed by atoms with E-state index in [1.807, 2.05) is 19.1 Å². The molecular weight excluding hydrogens is 234 g/mol. The summed E-state index contributed by atoms with van der Waals surface area (Å²) in [5.41, 5.74) is 0.578. The molecule has 0 spiro atoms. The first-order valence-corrected chi connectivity index (χ1v) is 5.47. The predicted molar refractivity (Wildman–Crippen MR) is 66.4 cm³/mol. The first-order chi connectivity index (χ1) is 8.58. The monoisotopic (exact) mass is 247 g/mol. The van der Waals surface area contributed by atoms with Crippen molar-refractivity contribution in [2.75, 3.05) is 5.32 Å². The van der Waals surface area contributed by atoms with Crippen molar-refractivity contribution in [3.05, 3.63) is 51.6 Å². The highest BCUT2D eigenvalue weighted by atomic mass is 16.6. The van der Waals surface area contributed by atoms with E-state index >= 15 is 0 Å². The van der Waals surface area contributed by atoms with E-state index < -0.39 is 4.92 Å². The first kappa shape index (κ1) is 12.1. The minimum absolute atomic E-state index is 0.000720. The lowest BCUT2D eigenvalue weighted by molar-refractivity contribution is -0.384. The molecule has 2 aromatic heterocycles. The highest BCUT2D eigenvalue weighted by Crippen LogP contribution is 2.25. The topological polar surface area (TPSA) is 81.2 Å². The molecule has 1 N–H and O–H groups in total. The fourth-order valence-electron chi connectivity index (χ4n) is 1.66. The molecule has 0 saturated heterocycles. The van der Waals surface area contributed by atoms with Crippen LogP contribution in [0.2, 0.25) is 0 Å². The number of anilines is 1. The van der Waals surface area contributed by atoms with Crippen molar-refractivity contribution in [3.8, 4) is 0 Å². The smallest absolute Gasteiger partial charge is 0.314 e. The van der Waals surface area contributed by atoms with Crippen molar-refractivity contribution in [1.29, 1.82) is 0 Å². The van der Waals surface area contributed by atoms with Crippen molar-refractivity contribution in [3.63, 3.8) is 0 Å². The molecule has 2 aromatic rings. The van der Waals surface area contributed by atoms with Gasteiger partial charge in [-0.3, -0.25) is 10.1 Å². The zero-order valence-corrected chi connectivity index (χ0v) is 10.1. The third-order valence-electron chi connectivity index (χ3n) is 2.53. The number of hydrogen-bond acceptors (Lipinski definition) is 5. The number of pyridine rings is 1. The second kappa shape index (κ2) is 4.87. The van der Waals surface area contributed by atoms with Gasteiger partial charge in [0, 0.05) is 11.8 Å². The van der Waals surface area contributed by atoms with Gasteiger partial charge in [-0.15, -0.1) is 0 Å². The summed E-state index contributed by atoms with van der Waals surface area (Å²) in [6.45, 7) is 3.89. The van der Waals surface area contributed by atoms with Crippen LogP contribution in [0.15, 0.2) is 28.8 Å². The molecular formula is C12H13N3O3. The Morgan fingerprint density at radius 3 is 2.78 bits per heavy atom. The fourth-order valence-corrected chi connectivity index (χ4v) is 1.66. The molecule has 6 nitrogen and oxygen atoms in total. The molecule has 2 heterocycles. The van der Waals surface area contributed by atoms with Crippen LogP contribution in [-0.2, 0) is 6.54 Å². The minimum Gasteiger partial charge on any atom is -0.465 e. The summed E-state index contributed by atoms with van der Waals surface area (Å²) in [6.07, 6.45) is 1.54. The van der Waals surface area contributed by atoms with Gasteiger partial charge in [0.2, 0.25) is 5.82 Å². The molecule has 2 rings (SSSR count). The van der Waals surface area contributed by atoms with E-state index in [2.05, 4.69) is 10.3 Å². The molecule has 0 radical (unpaired) electrons. The Kier molecular flexibility index (Phi) is 3.27. The van der Waals surface area contributed by atoms with Crippen molar-refractivity contribution in [2.45, 2.75) is 20.4 Å². The van der Waals surface area contributed by atoms with E-state index in [-0.39, 0.29) is 11.5 Å². The van der Waals surface area contributed by atoms with E-state index in [1.165, 1.54) is 6.20 Å². The van der Waals surface area contributed by atoms with Crippen molar-refractivity contribution >= 4 is 11.5 Å². The third-order valence-corrected chi connectivity index (χ3v) is 2.53. The van der Waals surface area contributed by atoms with Gasteiger partial charge in [-0.05, 0) is 32.0 Å². The number of hydrogen-bond donors (Lipinski definition) is 1. The first-order valence-electron chi connectivity index (χ1n) is 5.47. The Morgan fingerprint density at radius 2 is 2.17 bits per heavy atom. The Morgan fingerprint density at radius 1 is 1.39 bits per heavy atom. The summed E-state index contributed by atoms with van der Waals surface area (Å²) in [5.74, 6) is 1.78. The Labute approximate surface area is 104 Å². The van der Waals surface area contributed by atoms with Gasteiger partial charge in [0.1, 0.15) is 11.5 Å². The van der Waals surface area contributed by atoms with Crippen LogP contribution in [0.3, 0.4) is 0 Å². The molecule has 0 aromatic carbocycles. The summed E-state index contributed by atoms with van der Waals surface area (Å²) in [4.78, 5) is 14.5. The lowest BCUT2D eigenvalue weighted by atomic mass is 10.2. The van der Waals surface area contributed by atoms with Gasteiger partial charge in [0.05, 0.1) is 11.5 Å². The fraction of sp³-hybridized carbons (Fsp3) is 0.250. The van der Waals surface area contributed by atoms with Crippen LogP contribution in [-0.4, -0.2) is 9.91 Å². The summed E-state index contributed by atoms with van der Waals surface area (Å²) in [6, 6.07) is 5.28. The highest BCUT2D eigenvalue weighted by Gasteiger charge is 2.18. The SMILES string of the molecule is Cc1ccc(CNc2nccc(C)c2[N+](=O)[O-])o1. The predicted octanol–water partition coefficient (Wildman–Crippen LogP) is 2.81. The Hall–Kier alpha value is -2.37. The Bertz CT molecular complexity index is 578. The molecule has 0 saturated carbocycles. The lowest BCUT2D eigenvalue weighted by Gasteiger charge is -2.05. The Balaban J connectivity index is 2.19. The van der Waals surface area contributed by atoms with Crippen LogP contribution < -0.4 is 5.32 Å². The maximum absolute atomic E-state index is 11.0. The van der Waals surface area contributed by atoms with Crippen LogP contribution in [0, 0.1) is 24.0 Å². The maximum Gasteiger partial charge on any atom is 0.314 e. The van der Waals surface area contributed by atoms with E-state index in [1.54, 1.807) is 13.0 Å². The number of nitrogens with zero attached hydrogens (tertiary/aromatic N) is 2. The maximum atomic E-state index is 11.0. The van der Waals surface area contributed by atoms with Crippen LogP contribution in [0.1, 0.15) is 17.1 Å². The van der Waals surface area contributed by atoms with Crippen molar-refractivity contribution in [2.24, 2.45) is 0 Å². The van der Waals surface area contributed by atoms with Gasteiger partial charge >= 0.3 is 5.69 Å². The van der Waals surface area contributed by atoms with Gasteiger partial charge in [0.25, 0.3) is 0 Å². The summed E-state index contributed by atoms with van der Waals surface area (Å²) in [5, 5.41) is 13.9. The number of aromatic nitrogens is 1. The zero-order valence-electron chi connectivity index (χ0n) is 10.1. The molecule has 0 aliphatic carbocycles.